The van der Waals surface area contributed by atoms with E-state index in [0.29, 0.717) is 31.1 Å². The zero-order valence-electron chi connectivity index (χ0n) is 17.5. The van der Waals surface area contributed by atoms with E-state index >= 15 is 0 Å². The number of phenolic OH excluding ortho intramolecular Hbond substituents is 3. The van der Waals surface area contributed by atoms with Crippen LogP contribution in [0.3, 0.4) is 0 Å². The molecule has 2 amide bonds. The fourth-order valence-electron chi connectivity index (χ4n) is 3.41. The molecule has 0 unspecified atom stereocenters. The lowest BCUT2D eigenvalue weighted by Gasteiger charge is -2.34. The van der Waals surface area contributed by atoms with E-state index in [-0.39, 0.29) is 11.5 Å². The number of benzene rings is 2. The summed E-state index contributed by atoms with van der Waals surface area (Å²) in [4.78, 5) is 28.6. The van der Waals surface area contributed by atoms with Crippen molar-refractivity contribution in [1.29, 1.82) is 0 Å². The van der Waals surface area contributed by atoms with E-state index in [9.17, 15) is 24.9 Å². The van der Waals surface area contributed by atoms with Crippen LogP contribution in [0.5, 0.6) is 17.2 Å². The van der Waals surface area contributed by atoms with Crippen molar-refractivity contribution >= 4 is 29.5 Å². The third-order valence-electron chi connectivity index (χ3n) is 5.26. The van der Waals surface area contributed by atoms with Crippen LogP contribution in [0.2, 0.25) is 5.02 Å². The molecule has 1 fully saturated rings. The largest absolute Gasteiger partial charge is 0.504 e. The van der Waals surface area contributed by atoms with Crippen LogP contribution in [0.4, 0.5) is 0 Å². The number of halogens is 1. The summed E-state index contributed by atoms with van der Waals surface area (Å²) in [5.41, 5.74) is 0.871. The summed E-state index contributed by atoms with van der Waals surface area (Å²) in [5.74, 6) is -2.25. The maximum absolute atomic E-state index is 12.4. The monoisotopic (exact) mass is 459 g/mol. The topological polar surface area (TPSA) is 113 Å². The second-order valence-electron chi connectivity index (χ2n) is 7.49. The van der Waals surface area contributed by atoms with Crippen molar-refractivity contribution in [1.82, 2.24) is 15.1 Å². The van der Waals surface area contributed by atoms with Crippen molar-refractivity contribution < 1.29 is 24.9 Å². The first-order valence-electron chi connectivity index (χ1n) is 10.3. The Balaban J connectivity index is 1.37. The molecule has 1 heterocycles. The number of nitrogens with zero attached hydrogens (tertiary/aromatic N) is 2. The van der Waals surface area contributed by atoms with Crippen molar-refractivity contribution in [2.24, 2.45) is 0 Å². The van der Waals surface area contributed by atoms with Crippen LogP contribution < -0.4 is 5.32 Å². The molecule has 1 aliphatic heterocycles. The fraction of sp³-hybridized carbons (Fsp3) is 0.304. The quantitative estimate of drug-likeness (QED) is 0.287. The van der Waals surface area contributed by atoms with Crippen LogP contribution >= 0.6 is 11.6 Å². The molecule has 2 aromatic carbocycles. The standard InChI is InChI=1S/C23H26ClN3O5/c24-18-5-2-1-4-16(18)6-7-21(30)27-12-10-26(11-13-27)9-3-8-25-23(32)17-14-19(28)22(31)20(29)15-17/h1-2,4-7,14-15,28-29,31H,3,8-13H2,(H,25,32)/b7-6+. The summed E-state index contributed by atoms with van der Waals surface area (Å²) in [6, 6.07) is 9.55. The normalized spacial score (nSPS) is 14.6. The minimum Gasteiger partial charge on any atom is -0.504 e. The van der Waals surface area contributed by atoms with Crippen molar-refractivity contribution in [3.8, 4) is 17.2 Å². The van der Waals surface area contributed by atoms with Crippen molar-refractivity contribution in [3.05, 3.63) is 58.6 Å². The summed E-state index contributed by atoms with van der Waals surface area (Å²) in [6.45, 7) is 3.94. The molecule has 0 aromatic heterocycles. The molecule has 4 N–H and O–H groups in total. The van der Waals surface area contributed by atoms with Gasteiger partial charge in [0.05, 0.1) is 0 Å². The van der Waals surface area contributed by atoms with E-state index in [0.717, 1.165) is 37.3 Å². The van der Waals surface area contributed by atoms with Gasteiger partial charge in [0, 0.05) is 49.4 Å². The molecule has 0 aliphatic carbocycles. The molecular formula is C23H26ClN3O5. The Kier molecular flexibility index (Phi) is 7.97. The molecule has 8 nitrogen and oxygen atoms in total. The van der Waals surface area contributed by atoms with Gasteiger partial charge in [0.1, 0.15) is 0 Å². The van der Waals surface area contributed by atoms with Crippen LogP contribution in [0.15, 0.2) is 42.5 Å². The molecule has 9 heteroatoms. The zero-order valence-corrected chi connectivity index (χ0v) is 18.3. The highest BCUT2D eigenvalue weighted by molar-refractivity contribution is 6.32. The third kappa shape index (κ3) is 6.15. The molecule has 32 heavy (non-hydrogen) atoms. The Bertz CT molecular complexity index is 980. The number of nitrogens with one attached hydrogen (secondary N) is 1. The molecule has 0 saturated carbocycles. The molecule has 1 aliphatic rings. The van der Waals surface area contributed by atoms with Gasteiger partial charge in [-0.15, -0.1) is 0 Å². The number of carbonyl (C=O) groups is 2. The second-order valence-corrected chi connectivity index (χ2v) is 7.90. The van der Waals surface area contributed by atoms with Crippen LogP contribution in [0.1, 0.15) is 22.3 Å². The van der Waals surface area contributed by atoms with Gasteiger partial charge in [-0.2, -0.15) is 0 Å². The lowest BCUT2D eigenvalue weighted by Crippen LogP contribution is -2.48. The number of carbonyl (C=O) groups excluding carboxylic acids is 2. The van der Waals surface area contributed by atoms with Crippen LogP contribution in [-0.4, -0.2) is 76.2 Å². The lowest BCUT2D eigenvalue weighted by molar-refractivity contribution is -0.127. The summed E-state index contributed by atoms with van der Waals surface area (Å²) in [7, 11) is 0. The van der Waals surface area contributed by atoms with Gasteiger partial charge in [0.2, 0.25) is 5.91 Å². The maximum Gasteiger partial charge on any atom is 0.251 e. The highest BCUT2D eigenvalue weighted by Gasteiger charge is 2.19. The smallest absolute Gasteiger partial charge is 0.251 e. The second kappa shape index (κ2) is 10.9. The van der Waals surface area contributed by atoms with E-state index in [2.05, 4.69) is 10.2 Å². The molecule has 0 spiro atoms. The SMILES string of the molecule is O=C(NCCCN1CCN(C(=O)/C=C/c2ccccc2Cl)CC1)c1cc(O)c(O)c(O)c1. The van der Waals surface area contributed by atoms with Gasteiger partial charge >= 0.3 is 0 Å². The average molecular weight is 460 g/mol. The predicted octanol–water partition coefficient (Wildman–Crippen LogP) is 2.43. The number of hydrogen-bond donors (Lipinski definition) is 4. The zero-order chi connectivity index (χ0) is 23.1. The van der Waals surface area contributed by atoms with Crippen LogP contribution in [-0.2, 0) is 4.79 Å². The molecule has 170 valence electrons. The highest BCUT2D eigenvalue weighted by Crippen LogP contribution is 2.35. The summed E-state index contributed by atoms with van der Waals surface area (Å²) < 4.78 is 0. The number of hydrogen-bond acceptors (Lipinski definition) is 6. The molecule has 1 saturated heterocycles. The molecular weight excluding hydrogens is 434 g/mol. The Morgan fingerprint density at radius 2 is 1.69 bits per heavy atom. The van der Waals surface area contributed by atoms with Crippen LogP contribution in [0, 0.1) is 0 Å². The fourth-order valence-corrected chi connectivity index (χ4v) is 3.61. The number of rotatable bonds is 7. The highest BCUT2D eigenvalue weighted by atomic mass is 35.5. The molecule has 0 radical (unpaired) electrons. The van der Waals surface area contributed by atoms with Crippen molar-refractivity contribution in [2.75, 3.05) is 39.3 Å². The molecule has 3 rings (SSSR count). The molecule has 0 bridgehead atoms. The minimum absolute atomic E-state index is 0.0442. The van der Waals surface area contributed by atoms with Gasteiger partial charge < -0.3 is 25.5 Å². The first kappa shape index (κ1) is 23.4. The van der Waals surface area contributed by atoms with Crippen molar-refractivity contribution in [2.45, 2.75) is 6.42 Å². The number of piperazine rings is 1. The van der Waals surface area contributed by atoms with Crippen molar-refractivity contribution in [3.63, 3.8) is 0 Å². The Morgan fingerprint density at radius 1 is 1.03 bits per heavy atom. The summed E-state index contributed by atoms with van der Waals surface area (Å²) in [6.07, 6.45) is 3.99. The van der Waals surface area contributed by atoms with E-state index in [4.69, 9.17) is 11.6 Å². The molecule has 2 aromatic rings. The number of phenols is 3. The van der Waals surface area contributed by atoms with E-state index in [1.165, 1.54) is 0 Å². The maximum atomic E-state index is 12.4. The van der Waals surface area contributed by atoms with Gasteiger partial charge in [-0.3, -0.25) is 14.5 Å². The van der Waals surface area contributed by atoms with Gasteiger partial charge in [-0.25, -0.2) is 0 Å². The number of aromatic hydroxyl groups is 3. The minimum atomic E-state index is -0.654. The van der Waals surface area contributed by atoms with E-state index in [1.54, 1.807) is 23.1 Å². The summed E-state index contributed by atoms with van der Waals surface area (Å²) >= 11 is 6.11. The Hall–Kier alpha value is -3.23. The van der Waals surface area contributed by atoms with Gasteiger partial charge in [-0.1, -0.05) is 29.8 Å². The first-order valence-corrected chi connectivity index (χ1v) is 10.7. The van der Waals surface area contributed by atoms with Gasteiger partial charge in [0.15, 0.2) is 17.2 Å². The Labute approximate surface area is 191 Å². The van der Waals surface area contributed by atoms with Crippen LogP contribution in [0.25, 0.3) is 6.08 Å². The Morgan fingerprint density at radius 3 is 2.34 bits per heavy atom. The predicted molar refractivity (Wildman–Crippen MR) is 122 cm³/mol. The third-order valence-corrected chi connectivity index (χ3v) is 5.61. The average Bonchev–Trinajstić information content (AvgIpc) is 2.79. The van der Waals surface area contributed by atoms with E-state index < -0.39 is 23.2 Å². The lowest BCUT2D eigenvalue weighted by atomic mass is 10.1. The van der Waals surface area contributed by atoms with Gasteiger partial charge in [-0.05, 0) is 42.8 Å². The molecule has 0 atom stereocenters. The van der Waals surface area contributed by atoms with Gasteiger partial charge in [0.25, 0.3) is 5.91 Å². The first-order chi connectivity index (χ1) is 15.3. The summed E-state index contributed by atoms with van der Waals surface area (Å²) in [5, 5.41) is 31.7. The number of amides is 2. The van der Waals surface area contributed by atoms with E-state index in [1.807, 2.05) is 18.2 Å².